The van der Waals surface area contributed by atoms with Gasteiger partial charge in [-0.3, -0.25) is 4.90 Å². The molecule has 0 N–H and O–H groups in total. The zero-order valence-electron chi connectivity index (χ0n) is 10.5. The molecule has 1 heterocycles. The molecule has 1 rings (SSSR count). The fourth-order valence-corrected chi connectivity index (χ4v) is 2.19. The Morgan fingerprint density at radius 2 is 1.80 bits per heavy atom. The van der Waals surface area contributed by atoms with Gasteiger partial charge in [0.25, 0.3) is 0 Å². The van der Waals surface area contributed by atoms with Crippen LogP contribution in [0.2, 0.25) is 0 Å². The molecule has 1 saturated heterocycles. The summed E-state index contributed by atoms with van der Waals surface area (Å²) in [6.07, 6.45) is 6.92. The summed E-state index contributed by atoms with van der Waals surface area (Å²) in [6.45, 7) is 10.1. The van der Waals surface area contributed by atoms with Crippen LogP contribution in [0.15, 0.2) is 0 Å². The molecule has 1 aliphatic heterocycles. The first kappa shape index (κ1) is 13.0. The van der Waals surface area contributed by atoms with E-state index in [1.165, 1.54) is 38.6 Å². The summed E-state index contributed by atoms with van der Waals surface area (Å²) in [5.41, 5.74) is 0. The number of morpholine rings is 1. The third-order valence-electron chi connectivity index (χ3n) is 3.33. The van der Waals surface area contributed by atoms with Crippen LogP contribution in [0.5, 0.6) is 0 Å². The van der Waals surface area contributed by atoms with Gasteiger partial charge >= 0.3 is 0 Å². The molecule has 1 fully saturated rings. The molecule has 0 amide bonds. The summed E-state index contributed by atoms with van der Waals surface area (Å²) in [6, 6.07) is 0. The van der Waals surface area contributed by atoms with Gasteiger partial charge in [0.2, 0.25) is 0 Å². The minimum Gasteiger partial charge on any atom is -0.379 e. The molecule has 1 atom stereocenters. The van der Waals surface area contributed by atoms with Crippen LogP contribution in [0, 0.1) is 5.92 Å². The number of rotatable bonds is 7. The third-order valence-corrected chi connectivity index (χ3v) is 3.33. The first-order chi connectivity index (χ1) is 7.33. The first-order valence-electron chi connectivity index (χ1n) is 6.63. The summed E-state index contributed by atoms with van der Waals surface area (Å²) in [5, 5.41) is 0. The monoisotopic (exact) mass is 213 g/mol. The van der Waals surface area contributed by atoms with Gasteiger partial charge in [-0.25, -0.2) is 0 Å². The lowest BCUT2D eigenvalue weighted by Crippen LogP contribution is -2.36. The number of hydrogen-bond donors (Lipinski definition) is 0. The molecule has 0 saturated carbocycles. The molecule has 0 aromatic heterocycles. The Morgan fingerprint density at radius 1 is 1.13 bits per heavy atom. The van der Waals surface area contributed by atoms with Gasteiger partial charge in [0.05, 0.1) is 13.2 Å². The first-order valence-corrected chi connectivity index (χ1v) is 6.63. The fraction of sp³-hybridized carbons (Fsp3) is 1.00. The molecule has 1 unspecified atom stereocenters. The van der Waals surface area contributed by atoms with Crippen molar-refractivity contribution in [2.24, 2.45) is 5.92 Å². The van der Waals surface area contributed by atoms with Crippen molar-refractivity contribution in [1.29, 1.82) is 0 Å². The van der Waals surface area contributed by atoms with E-state index in [4.69, 9.17) is 4.74 Å². The summed E-state index contributed by atoms with van der Waals surface area (Å²) in [7, 11) is 0. The van der Waals surface area contributed by atoms with Gasteiger partial charge in [-0.15, -0.1) is 0 Å². The second-order valence-electron chi connectivity index (χ2n) is 4.84. The molecule has 2 heteroatoms. The zero-order chi connectivity index (χ0) is 10.9. The Bertz CT molecular complexity index is 143. The van der Waals surface area contributed by atoms with Crippen LogP contribution in [-0.2, 0) is 4.74 Å². The Labute approximate surface area is 95.0 Å². The second-order valence-corrected chi connectivity index (χ2v) is 4.84. The van der Waals surface area contributed by atoms with Crippen molar-refractivity contribution < 1.29 is 4.74 Å². The topological polar surface area (TPSA) is 12.5 Å². The smallest absolute Gasteiger partial charge is 0.0594 e. The van der Waals surface area contributed by atoms with Gasteiger partial charge in [0.1, 0.15) is 0 Å². The summed E-state index contributed by atoms with van der Waals surface area (Å²) in [4.78, 5) is 2.54. The van der Waals surface area contributed by atoms with Crippen LogP contribution < -0.4 is 0 Å². The Kier molecular flexibility index (Phi) is 7.03. The average Bonchev–Trinajstić information content (AvgIpc) is 2.28. The molecule has 1 aliphatic rings. The van der Waals surface area contributed by atoms with Crippen molar-refractivity contribution in [1.82, 2.24) is 4.90 Å². The van der Waals surface area contributed by atoms with Crippen molar-refractivity contribution in [3.63, 3.8) is 0 Å². The highest BCUT2D eigenvalue weighted by molar-refractivity contribution is 4.63. The van der Waals surface area contributed by atoms with Gasteiger partial charge in [-0.1, -0.05) is 33.1 Å². The van der Waals surface area contributed by atoms with Gasteiger partial charge in [-0.2, -0.15) is 0 Å². The highest BCUT2D eigenvalue weighted by Crippen LogP contribution is 2.14. The number of nitrogens with zero attached hydrogens (tertiary/aromatic N) is 1. The van der Waals surface area contributed by atoms with Crippen LogP contribution in [0.3, 0.4) is 0 Å². The lowest BCUT2D eigenvalue weighted by Gasteiger charge is -2.26. The van der Waals surface area contributed by atoms with Crippen molar-refractivity contribution in [2.45, 2.75) is 46.0 Å². The lowest BCUT2D eigenvalue weighted by atomic mass is 9.99. The molecular formula is C13H27NO. The maximum atomic E-state index is 5.34. The highest BCUT2D eigenvalue weighted by atomic mass is 16.5. The van der Waals surface area contributed by atoms with Crippen molar-refractivity contribution >= 4 is 0 Å². The van der Waals surface area contributed by atoms with Gasteiger partial charge in [-0.05, 0) is 25.3 Å². The average molecular weight is 213 g/mol. The molecule has 0 bridgehead atoms. The Balaban J connectivity index is 1.94. The fourth-order valence-electron chi connectivity index (χ4n) is 2.19. The van der Waals surface area contributed by atoms with Crippen molar-refractivity contribution in [3.05, 3.63) is 0 Å². The maximum absolute atomic E-state index is 5.34. The highest BCUT2D eigenvalue weighted by Gasteiger charge is 2.10. The molecular weight excluding hydrogens is 186 g/mol. The largest absolute Gasteiger partial charge is 0.379 e. The van der Waals surface area contributed by atoms with Crippen molar-refractivity contribution in [3.8, 4) is 0 Å². The van der Waals surface area contributed by atoms with Gasteiger partial charge in [0, 0.05) is 13.1 Å². The van der Waals surface area contributed by atoms with E-state index in [0.717, 1.165) is 32.2 Å². The molecule has 0 spiro atoms. The third kappa shape index (κ3) is 6.16. The van der Waals surface area contributed by atoms with E-state index in [-0.39, 0.29) is 0 Å². The van der Waals surface area contributed by atoms with E-state index in [1.54, 1.807) is 0 Å². The molecule has 15 heavy (non-hydrogen) atoms. The second kappa shape index (κ2) is 8.12. The van der Waals surface area contributed by atoms with Crippen LogP contribution >= 0.6 is 0 Å². The number of unbranched alkanes of at least 4 members (excludes halogenated alkanes) is 1. The lowest BCUT2D eigenvalue weighted by molar-refractivity contribution is 0.0367. The minimum atomic E-state index is 0.922. The maximum Gasteiger partial charge on any atom is 0.0594 e. The van der Waals surface area contributed by atoms with Crippen LogP contribution in [-0.4, -0.2) is 37.7 Å². The predicted molar refractivity (Wildman–Crippen MR) is 65.2 cm³/mol. The van der Waals surface area contributed by atoms with Crippen molar-refractivity contribution in [2.75, 3.05) is 32.8 Å². The van der Waals surface area contributed by atoms with E-state index >= 15 is 0 Å². The van der Waals surface area contributed by atoms with E-state index < -0.39 is 0 Å². The SMILES string of the molecule is CCCCC(C)CCCN1CCOCC1. The predicted octanol–water partition coefficient (Wildman–Crippen LogP) is 2.93. The molecule has 2 nitrogen and oxygen atoms in total. The summed E-state index contributed by atoms with van der Waals surface area (Å²) >= 11 is 0. The minimum absolute atomic E-state index is 0.922. The van der Waals surface area contributed by atoms with E-state index in [9.17, 15) is 0 Å². The molecule has 0 aliphatic carbocycles. The molecule has 0 aromatic rings. The van der Waals surface area contributed by atoms with Gasteiger partial charge in [0.15, 0.2) is 0 Å². The molecule has 90 valence electrons. The quantitative estimate of drug-likeness (QED) is 0.645. The van der Waals surface area contributed by atoms with Crippen LogP contribution in [0.4, 0.5) is 0 Å². The number of hydrogen-bond acceptors (Lipinski definition) is 2. The van der Waals surface area contributed by atoms with E-state index in [1.807, 2.05) is 0 Å². The van der Waals surface area contributed by atoms with Gasteiger partial charge < -0.3 is 4.74 Å². The molecule has 0 aromatic carbocycles. The number of ether oxygens (including phenoxy) is 1. The van der Waals surface area contributed by atoms with Crippen LogP contribution in [0.1, 0.15) is 46.0 Å². The van der Waals surface area contributed by atoms with Crippen LogP contribution in [0.25, 0.3) is 0 Å². The normalized spacial score (nSPS) is 20.4. The summed E-state index contributed by atoms with van der Waals surface area (Å²) in [5.74, 6) is 0.922. The summed E-state index contributed by atoms with van der Waals surface area (Å²) < 4.78 is 5.34. The van der Waals surface area contributed by atoms with E-state index in [2.05, 4.69) is 18.7 Å². The Hall–Kier alpha value is -0.0800. The Morgan fingerprint density at radius 3 is 2.47 bits per heavy atom. The molecule has 0 radical (unpaired) electrons. The van der Waals surface area contributed by atoms with E-state index in [0.29, 0.717) is 0 Å². The standard InChI is InChI=1S/C13H27NO/c1-3-4-6-13(2)7-5-8-14-9-11-15-12-10-14/h13H,3-12H2,1-2H3. The zero-order valence-corrected chi connectivity index (χ0v) is 10.5.